The molecule has 0 saturated heterocycles. The fourth-order valence-corrected chi connectivity index (χ4v) is 5.43. The summed E-state index contributed by atoms with van der Waals surface area (Å²) in [4.78, 5) is 0. The topological polar surface area (TPSA) is 40.5 Å². The molecule has 0 aromatic heterocycles. The second-order valence-electron chi connectivity index (χ2n) is 11.3. The van der Waals surface area contributed by atoms with Crippen LogP contribution >= 0.6 is 0 Å². The lowest BCUT2D eigenvalue weighted by atomic mass is 9.71. The molecule has 0 aliphatic heterocycles. The predicted molar refractivity (Wildman–Crippen MR) is 157 cm³/mol. The van der Waals surface area contributed by atoms with Crippen LogP contribution < -0.4 is 0 Å². The summed E-state index contributed by atoms with van der Waals surface area (Å²) in [7, 11) is 0. The summed E-state index contributed by atoms with van der Waals surface area (Å²) in [6.45, 7) is 13.1. The molecule has 2 unspecified atom stereocenters. The van der Waals surface area contributed by atoms with Crippen molar-refractivity contribution in [3.8, 4) is 0 Å². The molecule has 2 heteroatoms. The Balaban J connectivity index is 1.73. The molecule has 0 saturated carbocycles. The Bertz CT molecular complexity index is 945. The fraction of sp³-hybridized carbons (Fsp3) is 0.412. The van der Waals surface area contributed by atoms with E-state index >= 15 is 0 Å². The van der Waals surface area contributed by atoms with Crippen LogP contribution in [-0.2, 0) is 0 Å². The number of aliphatic hydroxyl groups is 2. The van der Waals surface area contributed by atoms with Crippen LogP contribution in [0.25, 0.3) is 0 Å². The van der Waals surface area contributed by atoms with E-state index in [1.54, 1.807) is 0 Å². The van der Waals surface area contributed by atoms with Gasteiger partial charge in [0.2, 0.25) is 0 Å². The summed E-state index contributed by atoms with van der Waals surface area (Å²) < 4.78 is 0. The van der Waals surface area contributed by atoms with E-state index in [0.717, 1.165) is 25.7 Å². The maximum atomic E-state index is 10.00. The first-order chi connectivity index (χ1) is 17.0. The summed E-state index contributed by atoms with van der Waals surface area (Å²) >= 11 is 0. The molecule has 0 heterocycles. The first-order valence-corrected chi connectivity index (χ1v) is 13.1. The Kier molecular flexibility index (Phi) is 11.6. The van der Waals surface area contributed by atoms with Crippen molar-refractivity contribution in [2.45, 2.75) is 79.4 Å². The van der Waals surface area contributed by atoms with Gasteiger partial charge in [-0.25, -0.2) is 0 Å². The monoisotopic (exact) mass is 486 g/mol. The fourth-order valence-electron chi connectivity index (χ4n) is 5.43. The minimum absolute atomic E-state index is 0.0201. The number of rotatable bonds is 9. The Hall–Kier alpha value is -2.68. The van der Waals surface area contributed by atoms with Crippen LogP contribution in [-0.4, -0.2) is 22.4 Å². The van der Waals surface area contributed by atoms with Gasteiger partial charge < -0.3 is 10.2 Å². The van der Waals surface area contributed by atoms with Crippen LogP contribution in [0, 0.1) is 10.8 Å². The molecule has 2 N–H and O–H groups in total. The van der Waals surface area contributed by atoms with Gasteiger partial charge in [0.05, 0.1) is 12.2 Å². The highest BCUT2D eigenvalue weighted by atomic mass is 16.3. The van der Waals surface area contributed by atoms with Gasteiger partial charge in [-0.1, -0.05) is 136 Å². The average molecular weight is 487 g/mol. The standard InChI is InChI=1S/C34H46O2/c1-27-23-29(35)25-33(3,4)31(27)21-19-17-15-13-11-9-7-8-10-12-14-16-18-20-22-32-28(2)24-30(36)26-34(32,5)6/h7-22,29-30,35-36H,23-26H2,1-6H3. The minimum Gasteiger partial charge on any atom is -0.393 e. The van der Waals surface area contributed by atoms with E-state index in [4.69, 9.17) is 0 Å². The van der Waals surface area contributed by atoms with E-state index in [-0.39, 0.29) is 23.0 Å². The van der Waals surface area contributed by atoms with Crippen LogP contribution in [0.3, 0.4) is 0 Å². The van der Waals surface area contributed by atoms with Crippen molar-refractivity contribution in [2.24, 2.45) is 10.8 Å². The number of aliphatic hydroxyl groups excluding tert-OH is 2. The van der Waals surface area contributed by atoms with Crippen molar-refractivity contribution in [1.82, 2.24) is 0 Å². The van der Waals surface area contributed by atoms with Gasteiger partial charge in [0, 0.05) is 0 Å². The summed E-state index contributed by atoms with van der Waals surface area (Å²) in [5.74, 6) is 0. The Labute approximate surface area is 219 Å². The second kappa shape index (κ2) is 14.2. The van der Waals surface area contributed by atoms with Crippen molar-refractivity contribution >= 4 is 0 Å². The van der Waals surface area contributed by atoms with E-state index in [0.29, 0.717) is 0 Å². The number of allylic oxidation sites excluding steroid dienone is 18. The molecule has 2 aliphatic rings. The highest BCUT2D eigenvalue weighted by Crippen LogP contribution is 2.41. The summed E-state index contributed by atoms with van der Waals surface area (Å²) in [5, 5.41) is 20.0. The zero-order valence-electron chi connectivity index (χ0n) is 23.1. The van der Waals surface area contributed by atoms with Gasteiger partial charge in [0.25, 0.3) is 0 Å². The third-order valence-corrected chi connectivity index (χ3v) is 6.92. The normalized spacial score (nSPS) is 25.8. The van der Waals surface area contributed by atoms with E-state index < -0.39 is 0 Å². The lowest BCUT2D eigenvalue weighted by molar-refractivity contribution is 0.116. The Morgan fingerprint density at radius 1 is 0.500 bits per heavy atom. The molecule has 0 fully saturated rings. The van der Waals surface area contributed by atoms with Gasteiger partial charge in [-0.05, 0) is 61.5 Å². The van der Waals surface area contributed by atoms with Crippen molar-refractivity contribution in [3.63, 3.8) is 0 Å². The van der Waals surface area contributed by atoms with Gasteiger partial charge in [0.15, 0.2) is 0 Å². The number of hydrogen-bond donors (Lipinski definition) is 2. The zero-order valence-corrected chi connectivity index (χ0v) is 23.1. The molecule has 0 aromatic rings. The van der Waals surface area contributed by atoms with Gasteiger partial charge in [0.1, 0.15) is 0 Å². The van der Waals surface area contributed by atoms with Gasteiger partial charge in [-0.3, -0.25) is 0 Å². The SMILES string of the molecule is CC1=C(C=CC=CC=CC=CC=CC=CC=CC=CC2=C(C)CC(O)CC2(C)C)C(C)(C)CC(O)C1. The molecule has 0 amide bonds. The lowest BCUT2D eigenvalue weighted by Gasteiger charge is -2.35. The number of hydrogen-bond acceptors (Lipinski definition) is 2. The molecule has 194 valence electrons. The summed E-state index contributed by atoms with van der Waals surface area (Å²) in [6, 6.07) is 0. The first kappa shape index (κ1) is 29.5. The van der Waals surface area contributed by atoms with Crippen LogP contribution in [0.4, 0.5) is 0 Å². The predicted octanol–water partition coefficient (Wildman–Crippen LogP) is 8.43. The molecule has 2 atom stereocenters. The molecule has 2 nitrogen and oxygen atoms in total. The van der Waals surface area contributed by atoms with Crippen molar-refractivity contribution < 1.29 is 10.2 Å². The zero-order chi connectivity index (χ0) is 26.6. The molecule has 0 bridgehead atoms. The van der Waals surface area contributed by atoms with E-state index in [2.05, 4.69) is 65.8 Å². The molecule has 36 heavy (non-hydrogen) atoms. The van der Waals surface area contributed by atoms with Gasteiger partial charge in [-0.15, -0.1) is 0 Å². The maximum Gasteiger partial charge on any atom is 0.0585 e. The van der Waals surface area contributed by atoms with Crippen LogP contribution in [0.2, 0.25) is 0 Å². The smallest absolute Gasteiger partial charge is 0.0585 e. The van der Waals surface area contributed by atoms with Crippen molar-refractivity contribution in [3.05, 3.63) is 120 Å². The van der Waals surface area contributed by atoms with Crippen LogP contribution in [0.15, 0.2) is 120 Å². The molecule has 0 spiro atoms. The highest BCUT2D eigenvalue weighted by molar-refractivity contribution is 5.36. The molecule has 0 radical (unpaired) electrons. The summed E-state index contributed by atoms with van der Waals surface area (Å²) in [5.41, 5.74) is 5.29. The largest absolute Gasteiger partial charge is 0.393 e. The van der Waals surface area contributed by atoms with E-state index in [1.165, 1.54) is 22.3 Å². The quantitative estimate of drug-likeness (QED) is 0.321. The van der Waals surface area contributed by atoms with Gasteiger partial charge in [-0.2, -0.15) is 0 Å². The van der Waals surface area contributed by atoms with Crippen LogP contribution in [0.1, 0.15) is 67.2 Å². The van der Waals surface area contributed by atoms with Gasteiger partial charge >= 0.3 is 0 Å². The average Bonchev–Trinajstić information content (AvgIpc) is 2.75. The first-order valence-electron chi connectivity index (χ1n) is 13.1. The van der Waals surface area contributed by atoms with Crippen molar-refractivity contribution in [2.75, 3.05) is 0 Å². The van der Waals surface area contributed by atoms with E-state index in [9.17, 15) is 10.2 Å². The minimum atomic E-state index is -0.218. The van der Waals surface area contributed by atoms with Crippen molar-refractivity contribution in [1.29, 1.82) is 0 Å². The summed E-state index contributed by atoms with van der Waals surface area (Å²) in [6.07, 6.45) is 35.5. The molecule has 2 aliphatic carbocycles. The molecule has 2 rings (SSSR count). The third-order valence-electron chi connectivity index (χ3n) is 6.92. The third kappa shape index (κ3) is 9.76. The molecule has 0 aromatic carbocycles. The lowest BCUT2D eigenvalue weighted by Crippen LogP contribution is -2.28. The Morgan fingerprint density at radius 2 is 0.750 bits per heavy atom. The molecular weight excluding hydrogens is 440 g/mol. The van der Waals surface area contributed by atoms with E-state index in [1.807, 2.05) is 72.9 Å². The Morgan fingerprint density at radius 3 is 1.00 bits per heavy atom. The van der Waals surface area contributed by atoms with Crippen LogP contribution in [0.5, 0.6) is 0 Å². The highest BCUT2D eigenvalue weighted by Gasteiger charge is 2.32. The second-order valence-corrected chi connectivity index (χ2v) is 11.3. The maximum absolute atomic E-state index is 10.00. The molecular formula is C34H46O2.